The molecule has 0 aliphatic carbocycles. The normalized spacial score (nSPS) is 18.3. The highest BCUT2D eigenvalue weighted by atomic mass is 19.4. The van der Waals surface area contributed by atoms with Crippen LogP contribution < -0.4 is 5.32 Å². The molecule has 2 N–H and O–H groups in total. The number of alkyl halides is 3. The fourth-order valence-electron chi connectivity index (χ4n) is 3.97. The van der Waals surface area contributed by atoms with Crippen LogP contribution in [0.1, 0.15) is 29.2 Å². The lowest BCUT2D eigenvalue weighted by molar-refractivity contribution is -0.137. The molecule has 0 bridgehead atoms. The third-order valence-electron chi connectivity index (χ3n) is 5.51. The van der Waals surface area contributed by atoms with E-state index in [1.165, 1.54) is 0 Å². The number of amides is 3. The molecule has 2 atom stereocenters. The first-order chi connectivity index (χ1) is 16.2. The number of aliphatic hydroxyl groups excluding tert-OH is 1. The van der Waals surface area contributed by atoms with Crippen molar-refractivity contribution in [1.82, 2.24) is 15.2 Å². The van der Waals surface area contributed by atoms with Gasteiger partial charge in [-0.05, 0) is 41.1 Å². The largest absolute Gasteiger partial charge is 0.439 e. The molecule has 0 spiro atoms. The molecule has 1 fully saturated rings. The van der Waals surface area contributed by atoms with Crippen LogP contribution in [-0.4, -0.2) is 39.8 Å². The molecule has 178 valence electrons. The van der Waals surface area contributed by atoms with E-state index in [0.717, 1.165) is 16.8 Å². The second-order valence-corrected chi connectivity index (χ2v) is 7.70. The summed E-state index contributed by atoms with van der Waals surface area (Å²) >= 11 is 0. The zero-order valence-electron chi connectivity index (χ0n) is 17.6. The van der Waals surface area contributed by atoms with Crippen molar-refractivity contribution in [1.29, 1.82) is 0 Å². The van der Waals surface area contributed by atoms with Crippen LogP contribution in [-0.2, 0) is 17.5 Å². The van der Waals surface area contributed by atoms with Crippen LogP contribution in [0.25, 0.3) is 10.8 Å². The van der Waals surface area contributed by atoms with Crippen LogP contribution in [0.5, 0.6) is 0 Å². The van der Waals surface area contributed by atoms with Crippen LogP contribution >= 0.6 is 0 Å². The van der Waals surface area contributed by atoms with E-state index in [-0.39, 0.29) is 18.5 Å². The molecule has 1 aliphatic rings. The maximum absolute atomic E-state index is 13.9. The number of hydrogen-bond acceptors (Lipinski definition) is 5. The number of nitrogens with zero attached hydrogens (tertiary/aromatic N) is 2. The van der Waals surface area contributed by atoms with Gasteiger partial charge in [0.05, 0.1) is 11.6 Å². The number of rotatable bonds is 5. The number of benzene rings is 2. The number of imide groups is 1. The number of halogens is 4. The van der Waals surface area contributed by atoms with Gasteiger partial charge in [-0.15, -0.1) is 0 Å². The first kappa shape index (κ1) is 23.4. The second kappa shape index (κ2) is 9.26. The Balaban J connectivity index is 1.58. The average molecular weight is 477 g/mol. The minimum Gasteiger partial charge on any atom is -0.439 e. The topological polar surface area (TPSA) is 91.8 Å². The van der Waals surface area contributed by atoms with Crippen molar-refractivity contribution in [2.24, 2.45) is 0 Å². The van der Waals surface area contributed by atoms with E-state index in [1.54, 1.807) is 12.4 Å². The summed E-state index contributed by atoms with van der Waals surface area (Å²) in [6, 6.07) is 7.12. The maximum Gasteiger partial charge on any atom is 0.419 e. The summed E-state index contributed by atoms with van der Waals surface area (Å²) in [4.78, 5) is 30.2. The van der Waals surface area contributed by atoms with Gasteiger partial charge in [-0.25, -0.2) is 18.9 Å². The van der Waals surface area contributed by atoms with Crippen molar-refractivity contribution in [2.75, 3.05) is 6.61 Å². The van der Waals surface area contributed by atoms with Gasteiger partial charge in [0.15, 0.2) is 0 Å². The van der Waals surface area contributed by atoms with Gasteiger partial charge in [0.2, 0.25) is 0 Å². The molecule has 4 rings (SSSR count). The van der Waals surface area contributed by atoms with Crippen LogP contribution in [0.3, 0.4) is 0 Å². The number of ether oxygens (including phenoxy) is 1. The summed E-state index contributed by atoms with van der Waals surface area (Å²) in [5.74, 6) is -1.17. The lowest BCUT2D eigenvalue weighted by Gasteiger charge is -2.23. The van der Waals surface area contributed by atoms with E-state index >= 15 is 0 Å². The van der Waals surface area contributed by atoms with Crippen molar-refractivity contribution in [2.45, 2.75) is 31.3 Å². The number of carbonyl (C=O) groups excluding carboxylic acids is 2. The Morgan fingerprint density at radius 2 is 1.94 bits per heavy atom. The van der Waals surface area contributed by atoms with Gasteiger partial charge in [-0.1, -0.05) is 24.3 Å². The molecule has 0 saturated carbocycles. The van der Waals surface area contributed by atoms with Crippen molar-refractivity contribution in [3.63, 3.8) is 0 Å². The van der Waals surface area contributed by atoms with Gasteiger partial charge in [-0.2, -0.15) is 13.2 Å². The van der Waals surface area contributed by atoms with E-state index in [9.17, 15) is 32.3 Å². The molecule has 3 aromatic rings. The lowest BCUT2D eigenvalue weighted by Crippen LogP contribution is -2.45. The number of hydrogen-bond donors (Lipinski definition) is 2. The minimum absolute atomic E-state index is 0.00562. The molecule has 7 nitrogen and oxygen atoms in total. The SMILES string of the molecule is O=C(NCc1cncc2ccccc12)N1C(=O)O[C@H](c2cc(F)cc(C(F)(F)F)c2)[C@@H]1CCO. The summed E-state index contributed by atoms with van der Waals surface area (Å²) in [5.41, 5.74) is -0.852. The fourth-order valence-corrected chi connectivity index (χ4v) is 3.97. The van der Waals surface area contributed by atoms with Crippen LogP contribution in [0.2, 0.25) is 0 Å². The van der Waals surface area contributed by atoms with E-state index in [2.05, 4.69) is 10.3 Å². The highest BCUT2D eigenvalue weighted by Gasteiger charge is 2.46. The predicted octanol–water partition coefficient (Wildman–Crippen LogP) is 4.55. The molecule has 2 heterocycles. The maximum atomic E-state index is 13.9. The first-order valence-corrected chi connectivity index (χ1v) is 10.3. The van der Waals surface area contributed by atoms with Crippen molar-refractivity contribution in [3.05, 3.63) is 77.4 Å². The number of carbonyl (C=O) groups is 2. The Morgan fingerprint density at radius 1 is 1.18 bits per heavy atom. The number of pyridine rings is 1. The second-order valence-electron chi connectivity index (χ2n) is 7.70. The highest BCUT2D eigenvalue weighted by molar-refractivity contribution is 5.93. The summed E-state index contributed by atoms with van der Waals surface area (Å²) in [6.45, 7) is -0.484. The summed E-state index contributed by atoms with van der Waals surface area (Å²) in [5, 5.41) is 13.7. The van der Waals surface area contributed by atoms with E-state index in [0.29, 0.717) is 22.6 Å². The van der Waals surface area contributed by atoms with E-state index in [4.69, 9.17) is 4.74 Å². The van der Waals surface area contributed by atoms with Crippen molar-refractivity contribution >= 4 is 22.9 Å². The van der Waals surface area contributed by atoms with Gasteiger partial charge < -0.3 is 15.2 Å². The lowest BCUT2D eigenvalue weighted by atomic mass is 9.97. The number of urea groups is 1. The number of fused-ring (bicyclic) bond motifs is 1. The molecule has 3 amide bonds. The molecule has 11 heteroatoms. The Morgan fingerprint density at radius 3 is 2.68 bits per heavy atom. The standard InChI is InChI=1S/C23H19F4N3O4/c24-17-8-14(7-16(9-17)23(25,26)27)20-19(5-6-31)30(22(33)34-20)21(32)29-12-15-11-28-10-13-3-1-2-4-18(13)15/h1-4,7-11,19-20,31H,5-6,12H2,(H,29,32)/t19-,20+/m0/s1. The molecule has 0 radical (unpaired) electrons. The molecule has 0 unspecified atom stereocenters. The Kier molecular flexibility index (Phi) is 6.38. The molecule has 1 aliphatic heterocycles. The third-order valence-corrected chi connectivity index (χ3v) is 5.51. The van der Waals surface area contributed by atoms with Crippen molar-refractivity contribution in [3.8, 4) is 0 Å². The number of cyclic esters (lactones) is 1. The zero-order valence-corrected chi connectivity index (χ0v) is 17.6. The molecular weight excluding hydrogens is 458 g/mol. The van der Waals surface area contributed by atoms with Gasteiger partial charge in [0.1, 0.15) is 11.9 Å². The summed E-state index contributed by atoms with van der Waals surface area (Å²) in [6.07, 6.45) is -4.29. The van der Waals surface area contributed by atoms with Gasteiger partial charge in [0.25, 0.3) is 0 Å². The monoisotopic (exact) mass is 477 g/mol. The molecule has 1 aromatic heterocycles. The van der Waals surface area contributed by atoms with Gasteiger partial charge in [0, 0.05) is 30.9 Å². The quantitative estimate of drug-likeness (QED) is 0.527. The smallest absolute Gasteiger partial charge is 0.419 e. The number of aromatic nitrogens is 1. The Bertz CT molecular complexity index is 1230. The van der Waals surface area contributed by atoms with E-state index < -0.39 is 48.4 Å². The molecule has 34 heavy (non-hydrogen) atoms. The van der Waals surface area contributed by atoms with Crippen LogP contribution in [0.15, 0.2) is 54.9 Å². The highest BCUT2D eigenvalue weighted by Crippen LogP contribution is 2.38. The number of nitrogens with one attached hydrogen (secondary N) is 1. The average Bonchev–Trinajstić information content (AvgIpc) is 3.12. The zero-order chi connectivity index (χ0) is 24.5. The molecular formula is C23H19F4N3O4. The fraction of sp³-hybridized carbons (Fsp3) is 0.261. The molecule has 1 saturated heterocycles. The van der Waals surface area contributed by atoms with Crippen LogP contribution in [0.4, 0.5) is 27.2 Å². The Hall–Kier alpha value is -3.73. The number of aliphatic hydroxyl groups is 1. The minimum atomic E-state index is -4.82. The van der Waals surface area contributed by atoms with Gasteiger partial charge >= 0.3 is 18.3 Å². The third kappa shape index (κ3) is 4.65. The summed E-state index contributed by atoms with van der Waals surface area (Å²) < 4.78 is 58.5. The van der Waals surface area contributed by atoms with Crippen molar-refractivity contribution < 1.29 is 37.0 Å². The predicted molar refractivity (Wildman–Crippen MR) is 112 cm³/mol. The van der Waals surface area contributed by atoms with Crippen LogP contribution in [0, 0.1) is 5.82 Å². The van der Waals surface area contributed by atoms with Gasteiger partial charge in [-0.3, -0.25) is 4.98 Å². The van der Waals surface area contributed by atoms with E-state index in [1.807, 2.05) is 24.3 Å². The summed E-state index contributed by atoms with van der Waals surface area (Å²) in [7, 11) is 0. The first-order valence-electron chi connectivity index (χ1n) is 10.3. The molecule has 2 aromatic carbocycles. The Labute approximate surface area is 191 Å².